The van der Waals surface area contributed by atoms with Crippen LogP contribution in [-0.2, 0) is 5.41 Å². The molecular weight excluding hydrogens is 453 g/mol. The number of amides is 2. The van der Waals surface area contributed by atoms with E-state index in [2.05, 4.69) is 51.6 Å². The smallest absolute Gasteiger partial charge is 0.320 e. The fourth-order valence-electron chi connectivity index (χ4n) is 4.47. The van der Waals surface area contributed by atoms with Crippen LogP contribution < -0.4 is 21.1 Å². The maximum atomic E-state index is 12.9. The minimum absolute atomic E-state index is 0.150. The first kappa shape index (κ1) is 23.8. The van der Waals surface area contributed by atoms with Crippen LogP contribution in [0, 0.1) is 6.92 Å². The molecule has 0 saturated carbocycles. The van der Waals surface area contributed by atoms with Crippen LogP contribution in [0.1, 0.15) is 68.4 Å². The standard InChI is InChI=1S/C26H28BN7O2/c1-15-28-21(26(2,3)4)13-22(29-15)31-25(35)30-19-10-11-20(18-8-6-5-7-17(18)19)36-16-9-12-23-32-33-24(27)34(23)14-16/h5-9,12-14,19-20H,10-11H2,1-4H3,(H2,28,29,30,31,35)/t19-,20+/m0/s1. The van der Waals surface area contributed by atoms with Gasteiger partial charge in [0.25, 0.3) is 0 Å². The lowest BCUT2D eigenvalue weighted by Gasteiger charge is -2.32. The number of carbonyl (C=O) groups excluding carboxylic acids is 1. The molecule has 0 spiro atoms. The number of nitrogens with one attached hydrogen (secondary N) is 2. The molecule has 1 aliphatic rings. The van der Waals surface area contributed by atoms with E-state index in [0.29, 0.717) is 28.8 Å². The van der Waals surface area contributed by atoms with Gasteiger partial charge >= 0.3 is 6.03 Å². The largest absolute Gasteiger partial charge is 0.484 e. The van der Waals surface area contributed by atoms with Crippen molar-refractivity contribution in [2.45, 2.75) is 58.1 Å². The lowest BCUT2D eigenvalue weighted by molar-refractivity contribution is 0.172. The van der Waals surface area contributed by atoms with Gasteiger partial charge in [-0.3, -0.25) is 9.72 Å². The number of urea groups is 1. The van der Waals surface area contributed by atoms with Crippen molar-refractivity contribution < 1.29 is 9.53 Å². The van der Waals surface area contributed by atoms with E-state index in [1.54, 1.807) is 10.6 Å². The van der Waals surface area contributed by atoms with Crippen molar-refractivity contribution in [3.8, 4) is 5.75 Å². The van der Waals surface area contributed by atoms with Crippen molar-refractivity contribution in [3.63, 3.8) is 0 Å². The van der Waals surface area contributed by atoms with E-state index in [0.717, 1.165) is 29.7 Å². The van der Waals surface area contributed by atoms with Crippen LogP contribution in [0.2, 0.25) is 0 Å². The third-order valence-corrected chi connectivity index (χ3v) is 6.27. The molecule has 5 rings (SSSR count). The van der Waals surface area contributed by atoms with Crippen LogP contribution >= 0.6 is 0 Å². The molecule has 2 amide bonds. The number of benzene rings is 1. The molecule has 0 bridgehead atoms. The van der Waals surface area contributed by atoms with Gasteiger partial charge < -0.3 is 10.1 Å². The van der Waals surface area contributed by atoms with Crippen LogP contribution in [0.3, 0.4) is 0 Å². The van der Waals surface area contributed by atoms with Gasteiger partial charge in [-0.25, -0.2) is 14.8 Å². The van der Waals surface area contributed by atoms with Crippen LogP contribution in [0.4, 0.5) is 10.6 Å². The number of ether oxygens (including phenoxy) is 1. The van der Waals surface area contributed by atoms with Crippen molar-refractivity contribution in [3.05, 3.63) is 71.3 Å². The number of carbonyl (C=O) groups is 1. The predicted molar refractivity (Wildman–Crippen MR) is 138 cm³/mol. The quantitative estimate of drug-likeness (QED) is 0.431. The number of rotatable bonds is 4. The third-order valence-electron chi connectivity index (χ3n) is 6.27. The molecule has 182 valence electrons. The summed E-state index contributed by atoms with van der Waals surface area (Å²) >= 11 is 0. The number of nitrogens with zero attached hydrogens (tertiary/aromatic N) is 5. The zero-order valence-electron chi connectivity index (χ0n) is 20.8. The summed E-state index contributed by atoms with van der Waals surface area (Å²) in [6.07, 6.45) is 3.10. The Hall–Kier alpha value is -3.95. The van der Waals surface area contributed by atoms with Crippen LogP contribution in [-0.4, -0.2) is 38.4 Å². The molecule has 0 saturated heterocycles. The fourth-order valence-corrected chi connectivity index (χ4v) is 4.47. The number of aryl methyl sites for hydroxylation is 1. The number of anilines is 1. The molecule has 0 aliphatic heterocycles. The first-order valence-corrected chi connectivity index (χ1v) is 12.0. The number of pyridine rings is 1. The lowest BCUT2D eigenvalue weighted by Crippen LogP contribution is -2.36. The van der Waals surface area contributed by atoms with Crippen molar-refractivity contribution in [1.82, 2.24) is 29.9 Å². The average molecular weight is 481 g/mol. The van der Waals surface area contributed by atoms with Crippen molar-refractivity contribution >= 4 is 31.1 Å². The second-order valence-electron chi connectivity index (χ2n) is 10.1. The maximum absolute atomic E-state index is 12.9. The maximum Gasteiger partial charge on any atom is 0.320 e. The van der Waals surface area contributed by atoms with Gasteiger partial charge in [-0.2, -0.15) is 0 Å². The second-order valence-corrected chi connectivity index (χ2v) is 10.1. The topological polar surface area (TPSA) is 106 Å². The minimum atomic E-state index is -0.305. The van der Waals surface area contributed by atoms with E-state index in [4.69, 9.17) is 12.6 Å². The third kappa shape index (κ3) is 4.89. The van der Waals surface area contributed by atoms with Gasteiger partial charge in [-0.15, -0.1) is 10.2 Å². The summed E-state index contributed by atoms with van der Waals surface area (Å²) in [5.41, 5.74) is 3.76. The Morgan fingerprint density at radius 1 is 1.08 bits per heavy atom. The second kappa shape index (κ2) is 9.25. The Labute approximate surface area is 211 Å². The molecule has 2 atom stereocenters. The molecule has 4 aromatic rings. The van der Waals surface area contributed by atoms with Crippen LogP contribution in [0.25, 0.3) is 5.65 Å². The molecule has 3 heterocycles. The van der Waals surface area contributed by atoms with Gasteiger partial charge in [0, 0.05) is 11.5 Å². The summed E-state index contributed by atoms with van der Waals surface area (Å²) in [5, 5.41) is 13.9. The molecule has 2 N–H and O–H groups in total. The van der Waals surface area contributed by atoms with Gasteiger partial charge in [0.15, 0.2) is 13.5 Å². The molecule has 9 nitrogen and oxygen atoms in total. The predicted octanol–water partition coefficient (Wildman–Crippen LogP) is 3.70. The highest BCUT2D eigenvalue weighted by atomic mass is 16.5. The van der Waals surface area contributed by atoms with E-state index >= 15 is 0 Å². The molecular formula is C26H28BN7O2. The average Bonchev–Trinajstić information content (AvgIpc) is 3.20. The highest BCUT2D eigenvalue weighted by Gasteiger charge is 2.29. The summed E-state index contributed by atoms with van der Waals surface area (Å²) in [7, 11) is 5.89. The number of hydrogen-bond donors (Lipinski definition) is 2. The summed E-state index contributed by atoms with van der Waals surface area (Å²) in [5.74, 6) is 1.78. The number of aromatic nitrogens is 5. The van der Waals surface area contributed by atoms with Crippen LogP contribution in [0.15, 0.2) is 48.7 Å². The molecule has 1 aliphatic carbocycles. The summed E-state index contributed by atoms with van der Waals surface area (Å²) in [6, 6.07) is 13.1. The van der Waals surface area contributed by atoms with Gasteiger partial charge in [-0.05, 0) is 43.0 Å². The normalized spacial score (nSPS) is 17.4. The monoisotopic (exact) mass is 481 g/mol. The Bertz CT molecular complexity index is 1430. The zero-order chi connectivity index (χ0) is 25.4. The Kier molecular flexibility index (Phi) is 6.11. The molecule has 0 unspecified atom stereocenters. The SMILES string of the molecule is [B]c1nnc2ccc(O[C@@H]3CC[C@H](NC(=O)Nc4cc(C(C)(C)C)nc(C)n4)c4ccccc43)cn12. The Morgan fingerprint density at radius 3 is 2.64 bits per heavy atom. The van der Waals surface area contributed by atoms with E-state index in [1.165, 1.54) is 0 Å². The lowest BCUT2D eigenvalue weighted by atomic mass is 9.85. The Balaban J connectivity index is 1.31. The first-order chi connectivity index (χ1) is 17.2. The van der Waals surface area contributed by atoms with Crippen molar-refractivity contribution in [1.29, 1.82) is 0 Å². The van der Waals surface area contributed by atoms with Gasteiger partial charge in [-0.1, -0.05) is 45.0 Å². The zero-order valence-corrected chi connectivity index (χ0v) is 20.8. The Morgan fingerprint density at radius 2 is 1.86 bits per heavy atom. The fraction of sp³-hybridized carbons (Fsp3) is 0.346. The van der Waals surface area contributed by atoms with Gasteiger partial charge in [0.05, 0.1) is 23.7 Å². The highest BCUT2D eigenvalue weighted by molar-refractivity contribution is 6.29. The van der Waals surface area contributed by atoms with Gasteiger partial charge in [0.1, 0.15) is 23.5 Å². The van der Waals surface area contributed by atoms with E-state index in [9.17, 15) is 4.79 Å². The van der Waals surface area contributed by atoms with Gasteiger partial charge in [0.2, 0.25) is 0 Å². The molecule has 0 fully saturated rings. The number of hydrogen-bond acceptors (Lipinski definition) is 6. The summed E-state index contributed by atoms with van der Waals surface area (Å²) < 4.78 is 8.04. The highest BCUT2D eigenvalue weighted by Crippen LogP contribution is 2.38. The molecule has 1 aromatic carbocycles. The van der Waals surface area contributed by atoms with E-state index in [-0.39, 0.29) is 23.6 Å². The van der Waals surface area contributed by atoms with Crippen molar-refractivity contribution in [2.24, 2.45) is 0 Å². The summed E-state index contributed by atoms with van der Waals surface area (Å²) in [4.78, 5) is 21.8. The first-order valence-electron chi connectivity index (χ1n) is 12.0. The molecule has 3 aromatic heterocycles. The minimum Gasteiger partial charge on any atom is -0.484 e. The molecule has 10 heteroatoms. The molecule has 2 radical (unpaired) electrons. The van der Waals surface area contributed by atoms with Crippen molar-refractivity contribution in [2.75, 3.05) is 5.32 Å². The molecule has 36 heavy (non-hydrogen) atoms. The van der Waals surface area contributed by atoms with Crippen LogP contribution in [0.5, 0.6) is 5.75 Å². The summed E-state index contributed by atoms with van der Waals surface area (Å²) in [6.45, 7) is 8.06. The van der Waals surface area contributed by atoms with E-state index < -0.39 is 0 Å². The van der Waals surface area contributed by atoms with E-state index in [1.807, 2.05) is 49.4 Å². The number of fused-ring (bicyclic) bond motifs is 2.